The van der Waals surface area contributed by atoms with Crippen LogP contribution >= 0.6 is 11.6 Å². The number of aromatic nitrogens is 1. The van der Waals surface area contributed by atoms with Gasteiger partial charge in [-0.2, -0.15) is 0 Å². The number of amides is 1. The Bertz CT molecular complexity index is 1340. The summed E-state index contributed by atoms with van der Waals surface area (Å²) in [6.45, 7) is 5.41. The maximum atomic E-state index is 12.5. The Kier molecular flexibility index (Phi) is 5.90. The first-order valence-electron chi connectivity index (χ1n) is 12.5. The average molecular weight is 492 g/mol. The highest BCUT2D eigenvalue weighted by Gasteiger charge is 2.25. The third-order valence-electron chi connectivity index (χ3n) is 7.34. The highest BCUT2D eigenvalue weighted by atomic mass is 35.5. The van der Waals surface area contributed by atoms with E-state index in [1.165, 1.54) is 5.56 Å². The minimum Gasteiger partial charge on any atom is -0.384 e. The lowest BCUT2D eigenvalue weighted by Crippen LogP contribution is -2.46. The van der Waals surface area contributed by atoms with Crippen LogP contribution in [-0.2, 0) is 13.0 Å². The Morgan fingerprint density at radius 2 is 1.91 bits per heavy atom. The molecule has 0 radical (unpaired) electrons. The van der Waals surface area contributed by atoms with Crippen LogP contribution in [-0.4, -0.2) is 54.6 Å². The number of carbonyl (C=O) groups is 1. The van der Waals surface area contributed by atoms with Crippen molar-refractivity contribution in [3.8, 4) is 0 Å². The molecule has 6 rings (SSSR count). The standard InChI is InChI=1S/C27H30ClN5O2/c28-23-15-19(6-8-20(23)26(34)30-18-4-5-18)33-12-10-32(11-13-33)16-17-3-7-21-24(14-17)31-27(35)22-2-1-9-29-25(21)22/h3,6-8,14-15,18,29H,1-2,4-5,9-13,16H2,(H,30,34)(H,31,35). The Morgan fingerprint density at radius 1 is 1.09 bits per heavy atom. The predicted octanol–water partition coefficient (Wildman–Crippen LogP) is 3.75. The van der Waals surface area contributed by atoms with Crippen molar-refractivity contribution < 1.29 is 4.79 Å². The second-order valence-electron chi connectivity index (χ2n) is 9.89. The van der Waals surface area contributed by atoms with Gasteiger partial charge < -0.3 is 20.5 Å². The number of H-pyrrole nitrogens is 1. The summed E-state index contributed by atoms with van der Waals surface area (Å²) in [5.74, 6) is -0.0816. The molecule has 0 atom stereocenters. The second-order valence-corrected chi connectivity index (χ2v) is 10.3. The van der Waals surface area contributed by atoms with E-state index in [9.17, 15) is 9.59 Å². The van der Waals surface area contributed by atoms with Gasteiger partial charge in [0.1, 0.15) is 0 Å². The van der Waals surface area contributed by atoms with Crippen LogP contribution < -0.4 is 21.1 Å². The van der Waals surface area contributed by atoms with E-state index in [0.717, 1.165) is 92.8 Å². The first-order chi connectivity index (χ1) is 17.0. The van der Waals surface area contributed by atoms with Gasteiger partial charge in [-0.1, -0.05) is 23.7 Å². The number of halogens is 1. The SMILES string of the molecule is O=C(NC1CC1)c1ccc(N2CCN(Cc3ccc4c5c(c(=O)[nH]c4c3)CCCN5)CC2)cc1Cl. The molecule has 0 bridgehead atoms. The molecule has 0 spiro atoms. The van der Waals surface area contributed by atoms with Crippen LogP contribution in [0.2, 0.25) is 5.02 Å². The normalized spacial score (nSPS) is 18.3. The summed E-state index contributed by atoms with van der Waals surface area (Å²) >= 11 is 6.46. The minimum atomic E-state index is -0.0816. The molecular formula is C27H30ClN5O2. The molecule has 2 fully saturated rings. The topological polar surface area (TPSA) is 80.5 Å². The molecule has 2 aromatic carbocycles. The molecule has 2 aliphatic heterocycles. The quantitative estimate of drug-likeness (QED) is 0.506. The Hall–Kier alpha value is -3.03. The number of piperazine rings is 1. The molecule has 1 aliphatic carbocycles. The van der Waals surface area contributed by atoms with Crippen molar-refractivity contribution in [3.05, 3.63) is 68.5 Å². The molecule has 182 valence electrons. The van der Waals surface area contributed by atoms with Gasteiger partial charge in [0.05, 0.1) is 21.8 Å². The number of hydrogen-bond acceptors (Lipinski definition) is 5. The number of carbonyl (C=O) groups excluding carboxylic acids is 1. The maximum Gasteiger partial charge on any atom is 0.253 e. The zero-order chi connectivity index (χ0) is 23.9. The van der Waals surface area contributed by atoms with Gasteiger partial charge in [-0.05, 0) is 55.5 Å². The van der Waals surface area contributed by atoms with E-state index >= 15 is 0 Å². The lowest BCUT2D eigenvalue weighted by atomic mass is 10.0. The van der Waals surface area contributed by atoms with Crippen molar-refractivity contribution in [2.45, 2.75) is 38.3 Å². The molecule has 1 amide bonds. The molecule has 3 heterocycles. The van der Waals surface area contributed by atoms with Crippen molar-refractivity contribution >= 4 is 39.8 Å². The van der Waals surface area contributed by atoms with Gasteiger partial charge in [0.25, 0.3) is 11.5 Å². The molecule has 3 N–H and O–H groups in total. The van der Waals surface area contributed by atoms with Gasteiger partial charge in [-0.15, -0.1) is 0 Å². The van der Waals surface area contributed by atoms with Crippen LogP contribution in [0.5, 0.6) is 0 Å². The highest BCUT2D eigenvalue weighted by molar-refractivity contribution is 6.34. The van der Waals surface area contributed by atoms with E-state index in [0.29, 0.717) is 16.6 Å². The van der Waals surface area contributed by atoms with Gasteiger partial charge >= 0.3 is 0 Å². The van der Waals surface area contributed by atoms with E-state index in [1.807, 2.05) is 18.2 Å². The van der Waals surface area contributed by atoms with Crippen molar-refractivity contribution in [1.82, 2.24) is 15.2 Å². The van der Waals surface area contributed by atoms with Crippen molar-refractivity contribution in [2.24, 2.45) is 0 Å². The number of anilines is 2. The molecule has 1 saturated carbocycles. The molecule has 3 aliphatic rings. The lowest BCUT2D eigenvalue weighted by molar-refractivity contribution is 0.0951. The van der Waals surface area contributed by atoms with Crippen molar-refractivity contribution in [1.29, 1.82) is 0 Å². The number of rotatable bonds is 5. The largest absolute Gasteiger partial charge is 0.384 e. The second kappa shape index (κ2) is 9.21. The molecule has 3 aromatic rings. The number of aromatic amines is 1. The summed E-state index contributed by atoms with van der Waals surface area (Å²) in [5, 5.41) is 8.03. The highest BCUT2D eigenvalue weighted by Crippen LogP contribution is 2.29. The summed E-state index contributed by atoms with van der Waals surface area (Å²) in [4.78, 5) is 32.7. The van der Waals surface area contributed by atoms with Crippen molar-refractivity contribution in [3.63, 3.8) is 0 Å². The van der Waals surface area contributed by atoms with Gasteiger partial charge in [0, 0.05) is 61.9 Å². The fraction of sp³-hybridized carbons (Fsp3) is 0.407. The summed E-state index contributed by atoms with van der Waals surface area (Å²) < 4.78 is 0. The molecular weight excluding hydrogens is 462 g/mol. The number of nitrogens with zero attached hydrogens (tertiary/aromatic N) is 2. The molecule has 1 saturated heterocycles. The van der Waals surface area contributed by atoms with E-state index in [2.05, 4.69) is 43.6 Å². The summed E-state index contributed by atoms with van der Waals surface area (Å²) in [5.41, 5.74) is 5.62. The Labute approximate surface area is 209 Å². The van der Waals surface area contributed by atoms with E-state index < -0.39 is 0 Å². The van der Waals surface area contributed by atoms with Crippen LogP contribution in [0.3, 0.4) is 0 Å². The van der Waals surface area contributed by atoms with Crippen molar-refractivity contribution in [2.75, 3.05) is 42.9 Å². The summed E-state index contributed by atoms with van der Waals surface area (Å²) in [6, 6.07) is 12.5. The predicted molar refractivity (Wildman–Crippen MR) is 141 cm³/mol. The zero-order valence-electron chi connectivity index (χ0n) is 19.7. The monoisotopic (exact) mass is 491 g/mol. The smallest absolute Gasteiger partial charge is 0.253 e. The van der Waals surface area contributed by atoms with Crippen LogP contribution in [0.15, 0.2) is 41.2 Å². The lowest BCUT2D eigenvalue weighted by Gasteiger charge is -2.36. The fourth-order valence-corrected chi connectivity index (χ4v) is 5.46. The number of benzene rings is 2. The zero-order valence-corrected chi connectivity index (χ0v) is 20.5. The fourth-order valence-electron chi connectivity index (χ4n) is 5.20. The first-order valence-corrected chi connectivity index (χ1v) is 12.9. The molecule has 7 nitrogen and oxygen atoms in total. The molecule has 0 unspecified atom stereocenters. The van der Waals surface area contributed by atoms with E-state index in [1.54, 1.807) is 0 Å². The van der Waals surface area contributed by atoms with Crippen LogP contribution in [0.25, 0.3) is 10.9 Å². The Morgan fingerprint density at radius 3 is 2.69 bits per heavy atom. The number of fused-ring (bicyclic) bond motifs is 3. The molecule has 1 aromatic heterocycles. The van der Waals surface area contributed by atoms with Crippen LogP contribution in [0, 0.1) is 0 Å². The van der Waals surface area contributed by atoms with E-state index in [-0.39, 0.29) is 11.5 Å². The van der Waals surface area contributed by atoms with Gasteiger partial charge in [0.15, 0.2) is 0 Å². The summed E-state index contributed by atoms with van der Waals surface area (Å²) in [6.07, 6.45) is 3.95. The number of hydrogen-bond donors (Lipinski definition) is 3. The van der Waals surface area contributed by atoms with Gasteiger partial charge in [-0.25, -0.2) is 0 Å². The first kappa shape index (κ1) is 22.4. The maximum absolute atomic E-state index is 12.5. The molecule has 8 heteroatoms. The van der Waals surface area contributed by atoms with Gasteiger partial charge in [-0.3, -0.25) is 14.5 Å². The third kappa shape index (κ3) is 4.62. The van der Waals surface area contributed by atoms with Gasteiger partial charge in [0.2, 0.25) is 0 Å². The summed E-state index contributed by atoms with van der Waals surface area (Å²) in [7, 11) is 0. The average Bonchev–Trinajstić information content (AvgIpc) is 3.68. The molecule has 35 heavy (non-hydrogen) atoms. The third-order valence-corrected chi connectivity index (χ3v) is 7.65. The van der Waals surface area contributed by atoms with E-state index in [4.69, 9.17) is 11.6 Å². The minimum absolute atomic E-state index is 0.0279. The number of nitrogens with one attached hydrogen (secondary N) is 3. The number of pyridine rings is 1. The Balaban J connectivity index is 1.10. The van der Waals surface area contributed by atoms with Crippen LogP contribution in [0.1, 0.15) is 40.7 Å². The van der Waals surface area contributed by atoms with Crippen LogP contribution in [0.4, 0.5) is 11.4 Å².